The van der Waals surface area contributed by atoms with Crippen molar-refractivity contribution in [2.75, 3.05) is 6.61 Å². The summed E-state index contributed by atoms with van der Waals surface area (Å²) in [6, 6.07) is 4.09. The quantitative estimate of drug-likeness (QED) is 0.557. The highest BCUT2D eigenvalue weighted by Crippen LogP contribution is 2.25. The van der Waals surface area contributed by atoms with Crippen molar-refractivity contribution in [3.05, 3.63) is 29.3 Å². The lowest BCUT2D eigenvalue weighted by Gasteiger charge is -2.17. The van der Waals surface area contributed by atoms with E-state index in [4.69, 9.17) is 5.11 Å². The minimum atomic E-state index is -1.20. The largest absolute Gasteiger partial charge is 0.507 e. The van der Waals surface area contributed by atoms with E-state index < -0.39 is 12.2 Å². The Bertz CT molecular complexity index is 402. The molecule has 5 nitrogen and oxygen atoms in total. The molecule has 17 heavy (non-hydrogen) atoms. The van der Waals surface area contributed by atoms with E-state index in [1.165, 1.54) is 25.1 Å². The molecule has 0 radical (unpaired) electrons. The Balaban J connectivity index is 2.93. The predicted molar refractivity (Wildman–Crippen MR) is 60.8 cm³/mol. The van der Waals surface area contributed by atoms with Gasteiger partial charge in [-0.05, 0) is 31.0 Å². The molecule has 0 heterocycles. The van der Waals surface area contributed by atoms with Crippen LogP contribution in [0.3, 0.4) is 0 Å². The summed E-state index contributed by atoms with van der Waals surface area (Å²) in [6.45, 7) is 1.08. The molecule has 0 spiro atoms. The molecule has 5 heteroatoms. The van der Waals surface area contributed by atoms with Crippen LogP contribution in [-0.4, -0.2) is 38.9 Å². The molecule has 0 bridgehead atoms. The highest BCUT2D eigenvalue weighted by Gasteiger charge is 2.19. The zero-order chi connectivity index (χ0) is 13.0. The zero-order valence-electron chi connectivity index (χ0n) is 9.50. The van der Waals surface area contributed by atoms with Gasteiger partial charge in [0.05, 0.1) is 11.7 Å². The topological polar surface area (TPSA) is 98.0 Å². The SMILES string of the molecule is CC(=O)c1ccc(C(O)C(O)CCO)cc1O. The van der Waals surface area contributed by atoms with Crippen molar-refractivity contribution in [3.63, 3.8) is 0 Å². The summed E-state index contributed by atoms with van der Waals surface area (Å²) in [5.74, 6) is -0.510. The molecule has 0 fully saturated rings. The first-order valence-corrected chi connectivity index (χ1v) is 5.28. The van der Waals surface area contributed by atoms with Gasteiger partial charge in [0.25, 0.3) is 0 Å². The number of hydrogen-bond donors (Lipinski definition) is 4. The number of hydrogen-bond acceptors (Lipinski definition) is 5. The van der Waals surface area contributed by atoms with Gasteiger partial charge in [-0.2, -0.15) is 0 Å². The minimum Gasteiger partial charge on any atom is -0.507 e. The van der Waals surface area contributed by atoms with Gasteiger partial charge < -0.3 is 20.4 Å². The zero-order valence-corrected chi connectivity index (χ0v) is 9.50. The number of aromatic hydroxyl groups is 1. The van der Waals surface area contributed by atoms with Crippen LogP contribution in [0.2, 0.25) is 0 Å². The summed E-state index contributed by atoms with van der Waals surface area (Å²) < 4.78 is 0. The van der Waals surface area contributed by atoms with Crippen molar-refractivity contribution in [1.29, 1.82) is 0 Å². The van der Waals surface area contributed by atoms with Gasteiger partial charge in [-0.25, -0.2) is 0 Å². The van der Waals surface area contributed by atoms with Crippen LogP contribution < -0.4 is 0 Å². The molecule has 4 N–H and O–H groups in total. The normalized spacial score (nSPS) is 14.4. The van der Waals surface area contributed by atoms with Crippen molar-refractivity contribution in [1.82, 2.24) is 0 Å². The maximum absolute atomic E-state index is 11.1. The fourth-order valence-corrected chi connectivity index (χ4v) is 1.54. The van der Waals surface area contributed by atoms with Crippen LogP contribution in [0.5, 0.6) is 5.75 Å². The smallest absolute Gasteiger partial charge is 0.163 e. The molecule has 0 amide bonds. The molecule has 0 saturated carbocycles. The van der Waals surface area contributed by atoms with Crippen molar-refractivity contribution in [2.24, 2.45) is 0 Å². The van der Waals surface area contributed by atoms with Crippen LogP contribution in [0.1, 0.15) is 35.4 Å². The number of carbonyl (C=O) groups excluding carboxylic acids is 1. The molecule has 1 aromatic rings. The van der Waals surface area contributed by atoms with Gasteiger partial charge in [0.2, 0.25) is 0 Å². The fraction of sp³-hybridized carbons (Fsp3) is 0.417. The van der Waals surface area contributed by atoms with Crippen molar-refractivity contribution in [3.8, 4) is 5.75 Å². The average Bonchev–Trinajstić information content (AvgIpc) is 2.27. The molecular weight excluding hydrogens is 224 g/mol. The molecule has 0 aliphatic rings. The number of phenols is 1. The summed E-state index contributed by atoms with van der Waals surface area (Å²) >= 11 is 0. The lowest BCUT2D eigenvalue weighted by Crippen LogP contribution is -2.19. The maximum Gasteiger partial charge on any atom is 0.163 e. The van der Waals surface area contributed by atoms with Crippen LogP contribution in [0.15, 0.2) is 18.2 Å². The number of ketones is 1. The average molecular weight is 240 g/mol. The maximum atomic E-state index is 11.1. The minimum absolute atomic E-state index is 0.0381. The lowest BCUT2D eigenvalue weighted by atomic mass is 9.99. The van der Waals surface area contributed by atoms with E-state index in [1.54, 1.807) is 0 Å². The highest BCUT2D eigenvalue weighted by molar-refractivity contribution is 5.96. The Kier molecular flexibility index (Phi) is 4.62. The number of phenolic OH excluding ortho intramolecular Hbond substituents is 1. The third-order valence-electron chi connectivity index (χ3n) is 2.53. The number of carbonyl (C=O) groups is 1. The third-order valence-corrected chi connectivity index (χ3v) is 2.53. The van der Waals surface area contributed by atoms with Gasteiger partial charge in [-0.1, -0.05) is 6.07 Å². The standard InChI is InChI=1S/C12H16O5/c1-7(14)9-3-2-8(6-11(9)16)12(17)10(15)4-5-13/h2-3,6,10,12-13,15-17H,4-5H2,1H3. The van der Waals surface area contributed by atoms with Gasteiger partial charge in [0.1, 0.15) is 11.9 Å². The summed E-state index contributed by atoms with van der Waals surface area (Å²) in [7, 11) is 0. The Hall–Kier alpha value is -1.43. The molecule has 2 atom stereocenters. The molecule has 0 aromatic heterocycles. The van der Waals surface area contributed by atoms with E-state index in [-0.39, 0.29) is 30.1 Å². The Morgan fingerprint density at radius 2 is 2.00 bits per heavy atom. The fourth-order valence-electron chi connectivity index (χ4n) is 1.54. The molecule has 0 aliphatic carbocycles. The third kappa shape index (κ3) is 3.26. The molecule has 0 saturated heterocycles. The van der Waals surface area contributed by atoms with Crippen LogP contribution >= 0.6 is 0 Å². The van der Waals surface area contributed by atoms with Gasteiger partial charge >= 0.3 is 0 Å². The van der Waals surface area contributed by atoms with E-state index in [0.29, 0.717) is 5.56 Å². The molecule has 1 aromatic carbocycles. The molecule has 94 valence electrons. The van der Waals surface area contributed by atoms with Crippen LogP contribution in [0.4, 0.5) is 0 Å². The van der Waals surface area contributed by atoms with E-state index >= 15 is 0 Å². The molecule has 2 unspecified atom stereocenters. The molecule has 0 aliphatic heterocycles. The number of aliphatic hydroxyl groups is 3. The van der Waals surface area contributed by atoms with E-state index in [9.17, 15) is 20.1 Å². The Labute approximate surface area is 99.0 Å². The number of benzene rings is 1. The van der Waals surface area contributed by atoms with Gasteiger partial charge in [-0.3, -0.25) is 4.79 Å². The van der Waals surface area contributed by atoms with E-state index in [1.807, 2.05) is 0 Å². The highest BCUT2D eigenvalue weighted by atomic mass is 16.3. The first-order chi connectivity index (χ1) is 7.97. The lowest BCUT2D eigenvalue weighted by molar-refractivity contribution is 0.00413. The predicted octanol–water partition coefficient (Wildman–Crippen LogP) is 0.371. The van der Waals surface area contributed by atoms with Crippen molar-refractivity contribution in [2.45, 2.75) is 25.6 Å². The van der Waals surface area contributed by atoms with Gasteiger partial charge in [-0.15, -0.1) is 0 Å². The van der Waals surface area contributed by atoms with Gasteiger partial charge in [0.15, 0.2) is 5.78 Å². The molecular formula is C12H16O5. The van der Waals surface area contributed by atoms with E-state index in [0.717, 1.165) is 0 Å². The van der Waals surface area contributed by atoms with Crippen molar-refractivity contribution >= 4 is 5.78 Å². The monoisotopic (exact) mass is 240 g/mol. The Morgan fingerprint density at radius 3 is 2.47 bits per heavy atom. The van der Waals surface area contributed by atoms with E-state index in [2.05, 4.69) is 0 Å². The first-order valence-electron chi connectivity index (χ1n) is 5.28. The first kappa shape index (κ1) is 13.6. The summed E-state index contributed by atoms with van der Waals surface area (Å²) in [5.41, 5.74) is 0.464. The van der Waals surface area contributed by atoms with Gasteiger partial charge in [0, 0.05) is 6.61 Å². The number of aliphatic hydroxyl groups excluding tert-OH is 3. The van der Waals surface area contributed by atoms with Crippen LogP contribution in [0, 0.1) is 0 Å². The summed E-state index contributed by atoms with van der Waals surface area (Å²) in [5, 5.41) is 37.4. The number of rotatable bonds is 5. The van der Waals surface area contributed by atoms with Crippen molar-refractivity contribution < 1.29 is 25.2 Å². The summed E-state index contributed by atoms with van der Waals surface area (Å²) in [4.78, 5) is 11.1. The second-order valence-corrected chi connectivity index (χ2v) is 3.86. The second-order valence-electron chi connectivity index (χ2n) is 3.86. The number of Topliss-reactive ketones (excluding diaryl/α,β-unsaturated/α-hetero) is 1. The van der Waals surface area contributed by atoms with Crippen LogP contribution in [-0.2, 0) is 0 Å². The second kappa shape index (κ2) is 5.77. The Morgan fingerprint density at radius 1 is 1.35 bits per heavy atom. The summed E-state index contributed by atoms with van der Waals surface area (Å²) in [6.07, 6.45) is -2.27. The van der Waals surface area contributed by atoms with Crippen LogP contribution in [0.25, 0.3) is 0 Å². The molecule has 1 rings (SSSR count).